The van der Waals surface area contributed by atoms with Gasteiger partial charge in [0.1, 0.15) is 0 Å². The number of methoxy groups -OCH3 is 1. The summed E-state index contributed by atoms with van der Waals surface area (Å²) in [5.41, 5.74) is 0.977. The molecule has 1 aromatic rings. The minimum atomic E-state index is -0.788. The predicted octanol–water partition coefficient (Wildman–Crippen LogP) is 3.01. The molecule has 0 saturated heterocycles. The van der Waals surface area contributed by atoms with Crippen molar-refractivity contribution in [3.8, 4) is 0 Å². The maximum Gasteiger partial charge on any atom is 0.306 e. The third-order valence-corrected chi connectivity index (χ3v) is 3.02. The van der Waals surface area contributed by atoms with Crippen LogP contribution in [0.25, 0.3) is 0 Å². The van der Waals surface area contributed by atoms with E-state index >= 15 is 0 Å². The maximum atomic E-state index is 11.1. The van der Waals surface area contributed by atoms with Gasteiger partial charge in [0.25, 0.3) is 0 Å². The van der Waals surface area contributed by atoms with Gasteiger partial charge in [-0.05, 0) is 37.5 Å². The fraction of sp³-hybridized carbons (Fsp3) is 0.462. The summed E-state index contributed by atoms with van der Waals surface area (Å²) in [7, 11) is 1.59. The Hall–Kier alpha value is -1.06. The van der Waals surface area contributed by atoms with Crippen molar-refractivity contribution in [2.45, 2.75) is 25.9 Å². The molecule has 17 heavy (non-hydrogen) atoms. The second-order valence-electron chi connectivity index (χ2n) is 4.15. The summed E-state index contributed by atoms with van der Waals surface area (Å²) in [4.78, 5) is 11.1. The van der Waals surface area contributed by atoms with Crippen LogP contribution in [-0.2, 0) is 16.0 Å². The zero-order valence-corrected chi connectivity index (χ0v) is 10.8. The molecule has 2 atom stereocenters. The third kappa shape index (κ3) is 4.75. The Balaban J connectivity index is 2.66. The van der Waals surface area contributed by atoms with E-state index in [1.807, 2.05) is 19.1 Å². The van der Waals surface area contributed by atoms with Crippen LogP contribution in [0.3, 0.4) is 0 Å². The maximum absolute atomic E-state index is 11.1. The van der Waals surface area contributed by atoms with Gasteiger partial charge in [-0.2, -0.15) is 0 Å². The second-order valence-corrected chi connectivity index (χ2v) is 4.58. The molecule has 3 nitrogen and oxygen atoms in total. The zero-order valence-electron chi connectivity index (χ0n) is 10.0. The quantitative estimate of drug-likeness (QED) is 0.851. The van der Waals surface area contributed by atoms with Crippen molar-refractivity contribution >= 4 is 17.6 Å². The molecule has 1 rings (SSSR count). The van der Waals surface area contributed by atoms with Crippen molar-refractivity contribution in [1.82, 2.24) is 0 Å². The van der Waals surface area contributed by atoms with Gasteiger partial charge in [-0.25, -0.2) is 0 Å². The zero-order chi connectivity index (χ0) is 12.8. The highest BCUT2D eigenvalue weighted by molar-refractivity contribution is 6.30. The number of ether oxygens (including phenoxy) is 1. The van der Waals surface area contributed by atoms with Crippen molar-refractivity contribution in [2.24, 2.45) is 5.92 Å². The lowest BCUT2D eigenvalue weighted by Crippen LogP contribution is -2.22. The molecular weight excluding hydrogens is 240 g/mol. The van der Waals surface area contributed by atoms with Crippen molar-refractivity contribution in [3.05, 3.63) is 34.9 Å². The van der Waals surface area contributed by atoms with Crippen LogP contribution in [0.4, 0.5) is 0 Å². The number of hydrogen-bond acceptors (Lipinski definition) is 2. The SMILES string of the molecule is COC(C)CC(Cc1ccc(Cl)cc1)C(=O)O. The minimum Gasteiger partial charge on any atom is -0.481 e. The molecule has 0 spiro atoms. The van der Waals surface area contributed by atoms with Gasteiger partial charge in [0.2, 0.25) is 0 Å². The number of carbonyl (C=O) groups is 1. The summed E-state index contributed by atoms with van der Waals surface area (Å²) < 4.78 is 5.10. The Morgan fingerprint density at radius 2 is 2.00 bits per heavy atom. The summed E-state index contributed by atoms with van der Waals surface area (Å²) >= 11 is 5.78. The lowest BCUT2D eigenvalue weighted by atomic mass is 9.94. The predicted molar refractivity (Wildman–Crippen MR) is 67.4 cm³/mol. The van der Waals surface area contributed by atoms with Crippen molar-refractivity contribution in [3.63, 3.8) is 0 Å². The molecule has 4 heteroatoms. The molecule has 2 unspecified atom stereocenters. The first kappa shape index (κ1) is 14.0. The van der Waals surface area contributed by atoms with Crippen LogP contribution in [0.1, 0.15) is 18.9 Å². The smallest absolute Gasteiger partial charge is 0.306 e. The molecule has 1 N–H and O–H groups in total. The minimum absolute atomic E-state index is 0.0524. The van der Waals surface area contributed by atoms with E-state index < -0.39 is 11.9 Å². The van der Waals surface area contributed by atoms with E-state index in [0.717, 1.165) is 5.56 Å². The number of carboxylic acids is 1. The molecule has 0 saturated carbocycles. The van der Waals surface area contributed by atoms with Gasteiger partial charge in [-0.3, -0.25) is 4.79 Å². The van der Waals surface area contributed by atoms with Gasteiger partial charge in [0, 0.05) is 12.1 Å². The lowest BCUT2D eigenvalue weighted by molar-refractivity contribution is -0.142. The average molecular weight is 257 g/mol. The average Bonchev–Trinajstić information content (AvgIpc) is 2.30. The van der Waals surface area contributed by atoms with E-state index in [2.05, 4.69) is 0 Å². The number of carboxylic acid groups (broad SMARTS) is 1. The molecule has 0 aliphatic heterocycles. The Kier molecular flexibility index (Phi) is 5.45. The highest BCUT2D eigenvalue weighted by atomic mass is 35.5. The van der Waals surface area contributed by atoms with Crippen LogP contribution in [0, 0.1) is 5.92 Å². The standard InChI is InChI=1S/C13H17ClO3/c1-9(17-2)7-11(13(15)16)8-10-3-5-12(14)6-4-10/h3-6,9,11H,7-8H2,1-2H3,(H,15,16). The Morgan fingerprint density at radius 1 is 1.41 bits per heavy atom. The van der Waals surface area contributed by atoms with E-state index in [1.54, 1.807) is 19.2 Å². The molecule has 0 amide bonds. The summed E-state index contributed by atoms with van der Waals surface area (Å²) in [6.45, 7) is 1.87. The molecule has 0 heterocycles. The van der Waals surface area contributed by atoms with Gasteiger partial charge in [0.05, 0.1) is 12.0 Å². The molecule has 0 aromatic heterocycles. The molecule has 0 fully saturated rings. The van der Waals surface area contributed by atoms with Gasteiger partial charge in [-0.1, -0.05) is 23.7 Å². The summed E-state index contributed by atoms with van der Waals surface area (Å²) in [6, 6.07) is 7.26. The van der Waals surface area contributed by atoms with Crippen LogP contribution in [0.5, 0.6) is 0 Å². The van der Waals surface area contributed by atoms with Gasteiger partial charge in [0.15, 0.2) is 0 Å². The monoisotopic (exact) mass is 256 g/mol. The topological polar surface area (TPSA) is 46.5 Å². The van der Waals surface area contributed by atoms with Gasteiger partial charge >= 0.3 is 5.97 Å². The molecule has 0 aliphatic rings. The number of halogens is 1. The third-order valence-electron chi connectivity index (χ3n) is 2.76. The summed E-state index contributed by atoms with van der Waals surface area (Å²) in [5, 5.41) is 9.81. The number of benzene rings is 1. The van der Waals surface area contributed by atoms with Crippen LogP contribution in [0.15, 0.2) is 24.3 Å². The van der Waals surface area contributed by atoms with E-state index in [0.29, 0.717) is 17.9 Å². The summed E-state index contributed by atoms with van der Waals surface area (Å²) in [5.74, 6) is -1.21. The molecule has 0 radical (unpaired) electrons. The van der Waals surface area contributed by atoms with Crippen LogP contribution >= 0.6 is 11.6 Å². The molecular formula is C13H17ClO3. The van der Waals surface area contributed by atoms with Crippen LogP contribution < -0.4 is 0 Å². The van der Waals surface area contributed by atoms with Gasteiger partial charge in [-0.15, -0.1) is 0 Å². The molecule has 0 bridgehead atoms. The highest BCUT2D eigenvalue weighted by Gasteiger charge is 2.20. The fourth-order valence-electron chi connectivity index (χ4n) is 1.67. The summed E-state index contributed by atoms with van der Waals surface area (Å²) in [6.07, 6.45) is 0.956. The second kappa shape index (κ2) is 6.62. The first-order chi connectivity index (χ1) is 8.02. The fourth-order valence-corrected chi connectivity index (χ4v) is 1.80. The van der Waals surface area contributed by atoms with Crippen LogP contribution in [0.2, 0.25) is 5.02 Å². The number of rotatable bonds is 6. The first-order valence-electron chi connectivity index (χ1n) is 5.53. The Bertz CT molecular complexity index is 361. The molecule has 94 valence electrons. The van der Waals surface area contributed by atoms with Crippen molar-refractivity contribution in [1.29, 1.82) is 0 Å². The largest absolute Gasteiger partial charge is 0.481 e. The molecule has 1 aromatic carbocycles. The first-order valence-corrected chi connectivity index (χ1v) is 5.90. The highest BCUT2D eigenvalue weighted by Crippen LogP contribution is 2.18. The Morgan fingerprint density at radius 3 is 2.47 bits per heavy atom. The van der Waals surface area contributed by atoms with E-state index in [1.165, 1.54) is 0 Å². The van der Waals surface area contributed by atoms with E-state index in [-0.39, 0.29) is 6.10 Å². The number of hydrogen-bond donors (Lipinski definition) is 1. The lowest BCUT2D eigenvalue weighted by Gasteiger charge is -2.16. The molecule has 0 aliphatic carbocycles. The van der Waals surface area contributed by atoms with Crippen molar-refractivity contribution in [2.75, 3.05) is 7.11 Å². The Labute approximate surface area is 106 Å². The van der Waals surface area contributed by atoms with Gasteiger partial charge < -0.3 is 9.84 Å². The normalized spacial score (nSPS) is 14.3. The van der Waals surface area contributed by atoms with Crippen molar-refractivity contribution < 1.29 is 14.6 Å². The number of aliphatic carboxylic acids is 1. The van der Waals surface area contributed by atoms with E-state index in [9.17, 15) is 4.79 Å². The van der Waals surface area contributed by atoms with E-state index in [4.69, 9.17) is 21.4 Å². The van der Waals surface area contributed by atoms with Crippen LogP contribution in [-0.4, -0.2) is 24.3 Å².